The number of rotatable bonds is 9. The van der Waals surface area contributed by atoms with Crippen molar-refractivity contribution in [3.8, 4) is 0 Å². The van der Waals surface area contributed by atoms with Gasteiger partial charge in [-0.1, -0.05) is 103 Å². The molecule has 0 radical (unpaired) electrons. The number of hydrogen-bond donors (Lipinski definition) is 0. The fraction of sp³-hybridized carbons (Fsp3) is 0.200. The molecule has 0 aliphatic heterocycles. The topological polar surface area (TPSA) is 34.1 Å². The number of ketones is 1. The molecule has 0 spiro atoms. The average molecular weight is 421 g/mol. The highest BCUT2D eigenvalue weighted by Gasteiger charge is 2.23. The molecule has 0 amide bonds. The molecule has 0 unspecified atom stereocenters. The molecule has 2 nitrogen and oxygen atoms in total. The van der Waals surface area contributed by atoms with Crippen LogP contribution in [-0.2, 0) is 16.0 Å². The summed E-state index contributed by atoms with van der Waals surface area (Å²) in [5.74, 6) is -0.212. The molecule has 1 atom stereocenters. The van der Waals surface area contributed by atoms with Crippen LogP contribution in [0.15, 0.2) is 91.0 Å². The first kappa shape index (κ1) is 21.5. The van der Waals surface area contributed by atoms with Crippen molar-refractivity contribution >= 4 is 41.2 Å². The Kier molecular flexibility index (Phi) is 8.22. The summed E-state index contributed by atoms with van der Waals surface area (Å²) in [5.41, 5.74) is 1.83. The summed E-state index contributed by atoms with van der Waals surface area (Å²) >= 11 is 1.38. The Morgan fingerprint density at radius 3 is 1.76 bits per heavy atom. The van der Waals surface area contributed by atoms with Crippen LogP contribution in [0.3, 0.4) is 0 Å². The fourth-order valence-electron chi connectivity index (χ4n) is 3.24. The minimum atomic E-state index is -0.631. The van der Waals surface area contributed by atoms with Crippen LogP contribution < -0.4 is 10.6 Å². The lowest BCUT2D eigenvalue weighted by Gasteiger charge is -2.20. The second-order valence-corrected chi connectivity index (χ2v) is 10.6. The summed E-state index contributed by atoms with van der Waals surface area (Å²) in [6.45, 7) is 1.57. The highest BCUT2D eigenvalue weighted by Crippen LogP contribution is 2.38. The standard InChI is InChI=1S/C25H25O2PS/c1-20(26)17-22(18-21-11-5-2-6-12-21)25(27)29-19-28(23-13-7-3-8-14-23)24-15-9-4-10-16-24/h2-16,22H,17-19H2,1H3/t22-/m0/s1. The maximum atomic E-state index is 13.1. The van der Waals surface area contributed by atoms with Gasteiger partial charge in [-0.2, -0.15) is 0 Å². The lowest BCUT2D eigenvalue weighted by atomic mass is 9.96. The van der Waals surface area contributed by atoms with Crippen molar-refractivity contribution in [3.05, 3.63) is 96.6 Å². The first-order valence-electron chi connectivity index (χ1n) is 9.71. The van der Waals surface area contributed by atoms with Crippen molar-refractivity contribution in [2.24, 2.45) is 5.92 Å². The Bertz CT molecular complexity index is 874. The monoisotopic (exact) mass is 420 g/mol. The smallest absolute Gasteiger partial charge is 0.193 e. The van der Waals surface area contributed by atoms with E-state index in [0.29, 0.717) is 12.8 Å². The Labute approximate surface area is 178 Å². The van der Waals surface area contributed by atoms with Crippen LogP contribution in [0.2, 0.25) is 0 Å². The highest BCUT2D eigenvalue weighted by atomic mass is 32.2. The minimum Gasteiger partial charge on any atom is -0.300 e. The Hall–Kier alpha value is -2.22. The van der Waals surface area contributed by atoms with Crippen molar-refractivity contribution < 1.29 is 9.59 Å². The molecule has 0 N–H and O–H groups in total. The van der Waals surface area contributed by atoms with Gasteiger partial charge in [-0.15, -0.1) is 0 Å². The van der Waals surface area contributed by atoms with Crippen molar-refractivity contribution in [1.29, 1.82) is 0 Å². The van der Waals surface area contributed by atoms with Crippen LogP contribution in [0.25, 0.3) is 0 Å². The van der Waals surface area contributed by atoms with Crippen LogP contribution in [0.5, 0.6) is 0 Å². The summed E-state index contributed by atoms with van der Waals surface area (Å²) in [5, 5.41) is 2.64. The molecule has 0 saturated heterocycles. The van der Waals surface area contributed by atoms with E-state index in [1.807, 2.05) is 66.7 Å². The van der Waals surface area contributed by atoms with Crippen LogP contribution in [0.1, 0.15) is 18.9 Å². The van der Waals surface area contributed by atoms with Crippen LogP contribution in [0, 0.1) is 5.92 Å². The van der Waals surface area contributed by atoms with E-state index < -0.39 is 7.92 Å². The van der Waals surface area contributed by atoms with Crippen LogP contribution in [0.4, 0.5) is 0 Å². The molecule has 148 valence electrons. The molecule has 0 aliphatic rings. The second-order valence-electron chi connectivity index (χ2n) is 6.98. The lowest BCUT2D eigenvalue weighted by molar-refractivity contribution is -0.122. The van der Waals surface area contributed by atoms with Gasteiger partial charge in [0.15, 0.2) is 5.12 Å². The van der Waals surface area contributed by atoms with Gasteiger partial charge < -0.3 is 4.79 Å². The molecule has 0 saturated carbocycles. The molecule has 0 aromatic heterocycles. The van der Waals surface area contributed by atoms with Crippen LogP contribution >= 0.6 is 19.7 Å². The van der Waals surface area contributed by atoms with Gasteiger partial charge in [0.25, 0.3) is 0 Å². The number of hydrogen-bond acceptors (Lipinski definition) is 3. The molecule has 4 heteroatoms. The van der Waals surface area contributed by atoms with Gasteiger partial charge >= 0.3 is 0 Å². The van der Waals surface area contributed by atoms with E-state index in [0.717, 1.165) is 11.1 Å². The van der Waals surface area contributed by atoms with E-state index in [4.69, 9.17) is 0 Å². The highest BCUT2D eigenvalue weighted by molar-refractivity contribution is 8.18. The van der Waals surface area contributed by atoms with Gasteiger partial charge in [0.05, 0.1) is 0 Å². The zero-order valence-electron chi connectivity index (χ0n) is 16.5. The van der Waals surface area contributed by atoms with Crippen molar-refractivity contribution in [2.75, 3.05) is 5.49 Å². The number of benzene rings is 3. The third-order valence-corrected chi connectivity index (χ3v) is 8.67. The predicted octanol–water partition coefficient (Wildman–Crippen LogP) is 5.17. The van der Waals surface area contributed by atoms with Gasteiger partial charge in [-0.05, 0) is 37.4 Å². The van der Waals surface area contributed by atoms with Gasteiger partial charge in [0.1, 0.15) is 5.78 Å². The predicted molar refractivity (Wildman–Crippen MR) is 125 cm³/mol. The van der Waals surface area contributed by atoms with E-state index in [2.05, 4.69) is 24.3 Å². The van der Waals surface area contributed by atoms with Crippen LogP contribution in [-0.4, -0.2) is 16.4 Å². The molecular formula is C25H25O2PS. The largest absolute Gasteiger partial charge is 0.300 e. The van der Waals surface area contributed by atoms with Gasteiger partial charge in [0.2, 0.25) is 0 Å². The molecular weight excluding hydrogens is 395 g/mol. The van der Waals surface area contributed by atoms with Gasteiger partial charge in [-0.3, -0.25) is 4.79 Å². The quantitative estimate of drug-likeness (QED) is 0.448. The molecule has 0 heterocycles. The van der Waals surface area contributed by atoms with Gasteiger partial charge in [-0.25, -0.2) is 0 Å². The number of Topliss-reactive ketones (excluding diaryl/α,β-unsaturated/α-hetero) is 1. The molecule has 0 bridgehead atoms. The van der Waals surface area contributed by atoms with E-state index in [9.17, 15) is 9.59 Å². The Morgan fingerprint density at radius 2 is 1.28 bits per heavy atom. The van der Waals surface area contributed by atoms with E-state index in [1.54, 1.807) is 6.92 Å². The molecule has 3 rings (SSSR count). The first-order chi connectivity index (χ1) is 14.1. The third-order valence-electron chi connectivity index (χ3n) is 4.66. The molecule has 0 aliphatic carbocycles. The zero-order valence-corrected chi connectivity index (χ0v) is 18.2. The summed E-state index contributed by atoms with van der Waals surface area (Å²) in [4.78, 5) is 24.8. The van der Waals surface area contributed by atoms with Crippen molar-refractivity contribution in [2.45, 2.75) is 19.8 Å². The SMILES string of the molecule is CC(=O)C[C@@H](Cc1ccccc1)C(=O)SCP(c1ccccc1)c1ccccc1. The number of carbonyl (C=O) groups excluding carboxylic acids is 2. The molecule has 0 fully saturated rings. The normalized spacial score (nSPS) is 11.9. The zero-order chi connectivity index (χ0) is 20.5. The fourth-order valence-corrected chi connectivity index (χ4v) is 7.23. The molecule has 3 aromatic carbocycles. The summed E-state index contributed by atoms with van der Waals surface area (Å²) in [6, 6.07) is 30.7. The lowest BCUT2D eigenvalue weighted by Crippen LogP contribution is -2.19. The van der Waals surface area contributed by atoms with Crippen molar-refractivity contribution in [3.63, 3.8) is 0 Å². The number of carbonyl (C=O) groups is 2. The summed E-state index contributed by atoms with van der Waals surface area (Å²) in [6.07, 6.45) is 0.913. The minimum absolute atomic E-state index is 0.0632. The maximum Gasteiger partial charge on any atom is 0.193 e. The Morgan fingerprint density at radius 1 is 0.793 bits per heavy atom. The van der Waals surface area contributed by atoms with Gasteiger partial charge in [0, 0.05) is 17.8 Å². The third kappa shape index (κ3) is 6.66. The maximum absolute atomic E-state index is 13.1. The van der Waals surface area contributed by atoms with E-state index >= 15 is 0 Å². The van der Waals surface area contributed by atoms with E-state index in [-0.39, 0.29) is 16.8 Å². The Balaban J connectivity index is 1.74. The average Bonchev–Trinajstić information content (AvgIpc) is 2.75. The first-order valence-corrected chi connectivity index (χ1v) is 12.2. The molecule has 29 heavy (non-hydrogen) atoms. The summed E-state index contributed by atoms with van der Waals surface area (Å²) in [7, 11) is -0.631. The molecule has 3 aromatic rings. The second kappa shape index (κ2) is 11.1. The number of thioether (sulfide) groups is 1. The summed E-state index contributed by atoms with van der Waals surface area (Å²) < 4.78 is 0. The van der Waals surface area contributed by atoms with Crippen molar-refractivity contribution in [1.82, 2.24) is 0 Å². The van der Waals surface area contributed by atoms with E-state index in [1.165, 1.54) is 22.4 Å².